The average Bonchev–Trinajstić information content (AvgIpc) is 2.96. The van der Waals surface area contributed by atoms with Crippen LogP contribution >= 0.6 is 0 Å². The van der Waals surface area contributed by atoms with E-state index in [4.69, 9.17) is 14.2 Å². The van der Waals surface area contributed by atoms with Crippen LogP contribution in [0.5, 0.6) is 0 Å². The van der Waals surface area contributed by atoms with Crippen LogP contribution in [0.3, 0.4) is 0 Å². The maximum absolute atomic E-state index is 12.9. The highest BCUT2D eigenvalue weighted by Crippen LogP contribution is 2.28. The number of carbonyl (C=O) groups is 2. The maximum atomic E-state index is 12.9. The van der Waals surface area contributed by atoms with Gasteiger partial charge in [0.2, 0.25) is 0 Å². The second kappa shape index (κ2) is 8.51. The van der Waals surface area contributed by atoms with Gasteiger partial charge in [0, 0.05) is 26.2 Å². The van der Waals surface area contributed by atoms with Crippen LogP contribution in [0.1, 0.15) is 71.8 Å². The number of imidazole rings is 1. The van der Waals surface area contributed by atoms with E-state index < -0.39 is 23.4 Å². The Hall–Kier alpha value is -2.09. The lowest BCUT2D eigenvalue weighted by Crippen LogP contribution is -2.35. The minimum Gasteiger partial charge on any atom is -0.444 e. The molecule has 2 rings (SSSR count). The normalized spacial score (nSPS) is 16.0. The highest BCUT2D eigenvalue weighted by Gasteiger charge is 2.29. The van der Waals surface area contributed by atoms with Crippen LogP contribution in [0.25, 0.3) is 0 Å². The standard InChI is InChI=1S/C20H33N3O5/c1-19(2,3)27-17(24)22(7)13-15-12-21-16(14-8-10-26-11-9-14)23(15)18(25)28-20(4,5)6/h12,14H,8-11,13H2,1-7H3. The third-order valence-electron chi connectivity index (χ3n) is 4.13. The van der Waals surface area contributed by atoms with Crippen molar-refractivity contribution in [2.75, 3.05) is 20.3 Å². The molecule has 0 atom stereocenters. The van der Waals surface area contributed by atoms with Crippen molar-refractivity contribution in [1.82, 2.24) is 14.5 Å². The van der Waals surface area contributed by atoms with Gasteiger partial charge in [-0.2, -0.15) is 0 Å². The topological polar surface area (TPSA) is 82.9 Å². The Morgan fingerprint density at radius 1 is 1.14 bits per heavy atom. The SMILES string of the molecule is CN(Cc1cnc(C2CCOCC2)n1C(=O)OC(C)(C)C)C(=O)OC(C)(C)C. The molecule has 1 fully saturated rings. The molecule has 0 bridgehead atoms. The third kappa shape index (κ3) is 6.22. The quantitative estimate of drug-likeness (QED) is 0.771. The number of amides is 1. The fourth-order valence-corrected chi connectivity index (χ4v) is 2.92. The molecule has 0 aliphatic carbocycles. The Bertz CT molecular complexity index is 694. The molecule has 0 spiro atoms. The second-order valence-corrected chi connectivity index (χ2v) is 9.15. The van der Waals surface area contributed by atoms with Gasteiger partial charge in [0.05, 0.1) is 18.4 Å². The van der Waals surface area contributed by atoms with Gasteiger partial charge in [-0.25, -0.2) is 19.1 Å². The first-order chi connectivity index (χ1) is 12.9. The Morgan fingerprint density at radius 3 is 2.25 bits per heavy atom. The second-order valence-electron chi connectivity index (χ2n) is 9.15. The lowest BCUT2D eigenvalue weighted by atomic mass is 9.99. The van der Waals surface area contributed by atoms with Crippen molar-refractivity contribution in [2.45, 2.75) is 78.0 Å². The van der Waals surface area contributed by atoms with E-state index >= 15 is 0 Å². The van der Waals surface area contributed by atoms with Crippen LogP contribution in [-0.4, -0.2) is 58.1 Å². The Morgan fingerprint density at radius 2 is 1.71 bits per heavy atom. The summed E-state index contributed by atoms with van der Waals surface area (Å²) in [6.07, 6.45) is 2.27. The zero-order chi connectivity index (χ0) is 21.1. The van der Waals surface area contributed by atoms with E-state index in [-0.39, 0.29) is 12.5 Å². The maximum Gasteiger partial charge on any atom is 0.420 e. The Labute approximate surface area is 167 Å². The number of hydrogen-bond acceptors (Lipinski definition) is 6. The summed E-state index contributed by atoms with van der Waals surface area (Å²) in [6.45, 7) is 12.4. The molecule has 158 valence electrons. The number of aromatic nitrogens is 2. The number of rotatable bonds is 3. The molecule has 0 aromatic carbocycles. The molecule has 0 N–H and O–H groups in total. The molecule has 1 aromatic heterocycles. The van der Waals surface area contributed by atoms with E-state index in [1.807, 2.05) is 41.5 Å². The molecule has 1 aliphatic rings. The van der Waals surface area contributed by atoms with Gasteiger partial charge in [0.25, 0.3) is 0 Å². The van der Waals surface area contributed by atoms with Crippen LogP contribution in [0, 0.1) is 0 Å². The molecule has 0 radical (unpaired) electrons. The summed E-state index contributed by atoms with van der Waals surface area (Å²) in [5.41, 5.74) is -0.642. The molecular formula is C20H33N3O5. The van der Waals surface area contributed by atoms with Crippen molar-refractivity contribution in [1.29, 1.82) is 0 Å². The summed E-state index contributed by atoms with van der Waals surface area (Å²) in [6, 6.07) is 0. The molecular weight excluding hydrogens is 362 g/mol. The van der Waals surface area contributed by atoms with Crippen molar-refractivity contribution in [2.24, 2.45) is 0 Å². The zero-order valence-corrected chi connectivity index (χ0v) is 18.1. The van der Waals surface area contributed by atoms with E-state index in [1.54, 1.807) is 13.2 Å². The van der Waals surface area contributed by atoms with E-state index in [0.717, 1.165) is 12.8 Å². The fraction of sp³-hybridized carbons (Fsp3) is 0.750. The predicted octanol–water partition coefficient (Wildman–Crippen LogP) is 3.93. The van der Waals surface area contributed by atoms with Crippen molar-refractivity contribution < 1.29 is 23.8 Å². The van der Waals surface area contributed by atoms with E-state index in [1.165, 1.54) is 9.47 Å². The van der Waals surface area contributed by atoms with Gasteiger partial charge in [0.1, 0.15) is 17.0 Å². The molecule has 1 aromatic rings. The third-order valence-corrected chi connectivity index (χ3v) is 4.13. The Kier molecular flexibility index (Phi) is 6.75. The van der Waals surface area contributed by atoms with Gasteiger partial charge < -0.3 is 19.1 Å². The molecule has 1 saturated heterocycles. The number of carbonyl (C=O) groups excluding carboxylic acids is 2. The fourth-order valence-electron chi connectivity index (χ4n) is 2.92. The van der Waals surface area contributed by atoms with Gasteiger partial charge in [-0.3, -0.25) is 0 Å². The van der Waals surface area contributed by atoms with Crippen molar-refractivity contribution in [3.63, 3.8) is 0 Å². The lowest BCUT2D eigenvalue weighted by Gasteiger charge is -2.27. The first-order valence-electron chi connectivity index (χ1n) is 9.69. The molecule has 8 heteroatoms. The van der Waals surface area contributed by atoms with Gasteiger partial charge in [-0.15, -0.1) is 0 Å². The monoisotopic (exact) mass is 395 g/mol. The predicted molar refractivity (Wildman–Crippen MR) is 104 cm³/mol. The summed E-state index contributed by atoms with van der Waals surface area (Å²) in [5, 5.41) is 0. The summed E-state index contributed by atoms with van der Waals surface area (Å²) in [7, 11) is 1.63. The minimum atomic E-state index is -0.636. The highest BCUT2D eigenvalue weighted by molar-refractivity contribution is 5.73. The summed E-state index contributed by atoms with van der Waals surface area (Å²) in [5.74, 6) is 0.770. The smallest absolute Gasteiger partial charge is 0.420 e. The summed E-state index contributed by atoms with van der Waals surface area (Å²) < 4.78 is 17.9. The van der Waals surface area contributed by atoms with Crippen molar-refractivity contribution in [3.8, 4) is 0 Å². The molecule has 1 aliphatic heterocycles. The van der Waals surface area contributed by atoms with Crippen LogP contribution in [0.2, 0.25) is 0 Å². The van der Waals surface area contributed by atoms with E-state index in [0.29, 0.717) is 24.7 Å². The van der Waals surface area contributed by atoms with E-state index in [9.17, 15) is 9.59 Å². The summed E-state index contributed by atoms with van der Waals surface area (Å²) in [4.78, 5) is 31.2. The first-order valence-corrected chi connectivity index (χ1v) is 9.69. The van der Waals surface area contributed by atoms with Gasteiger partial charge in [-0.1, -0.05) is 0 Å². The molecule has 28 heavy (non-hydrogen) atoms. The highest BCUT2D eigenvalue weighted by atomic mass is 16.6. The lowest BCUT2D eigenvalue weighted by molar-refractivity contribution is 0.0273. The molecule has 1 amide bonds. The van der Waals surface area contributed by atoms with Crippen LogP contribution in [-0.2, 0) is 20.8 Å². The van der Waals surface area contributed by atoms with Crippen LogP contribution in [0.4, 0.5) is 9.59 Å². The minimum absolute atomic E-state index is 0.113. The number of ether oxygens (including phenoxy) is 3. The van der Waals surface area contributed by atoms with E-state index in [2.05, 4.69) is 4.98 Å². The molecule has 8 nitrogen and oxygen atoms in total. The van der Waals surface area contributed by atoms with Gasteiger partial charge in [-0.05, 0) is 54.4 Å². The molecule has 0 unspecified atom stereocenters. The first kappa shape index (κ1) is 22.2. The molecule has 2 heterocycles. The largest absolute Gasteiger partial charge is 0.444 e. The summed E-state index contributed by atoms with van der Waals surface area (Å²) >= 11 is 0. The van der Waals surface area contributed by atoms with Crippen LogP contribution in [0.15, 0.2) is 6.20 Å². The van der Waals surface area contributed by atoms with Crippen molar-refractivity contribution >= 4 is 12.2 Å². The van der Waals surface area contributed by atoms with Crippen LogP contribution < -0.4 is 0 Å². The Balaban J connectivity index is 2.28. The van der Waals surface area contributed by atoms with Gasteiger partial charge in [0.15, 0.2) is 0 Å². The van der Waals surface area contributed by atoms with Gasteiger partial charge >= 0.3 is 12.2 Å². The average molecular weight is 396 g/mol. The number of hydrogen-bond donors (Lipinski definition) is 0. The number of nitrogens with zero attached hydrogens (tertiary/aromatic N) is 3. The molecule has 0 saturated carbocycles. The zero-order valence-electron chi connectivity index (χ0n) is 18.1. The van der Waals surface area contributed by atoms with Crippen molar-refractivity contribution in [3.05, 3.63) is 17.7 Å².